The summed E-state index contributed by atoms with van der Waals surface area (Å²) in [5.74, 6) is 0.659. The molecule has 0 atom stereocenters. The summed E-state index contributed by atoms with van der Waals surface area (Å²) in [4.78, 5) is 4.34. The Balaban J connectivity index is 2.11. The summed E-state index contributed by atoms with van der Waals surface area (Å²) >= 11 is 3.12. The molecule has 0 aliphatic heterocycles. The molecule has 0 saturated carbocycles. The average molecular weight is 347 g/mol. The quantitative estimate of drug-likeness (QED) is 0.765. The summed E-state index contributed by atoms with van der Waals surface area (Å²) in [6, 6.07) is 12.2. The van der Waals surface area contributed by atoms with Crippen LogP contribution < -0.4 is 10.5 Å². The van der Waals surface area contributed by atoms with Gasteiger partial charge < -0.3 is 10.5 Å². The maximum Gasteiger partial charge on any atom is 0.142 e. The molecule has 3 nitrogen and oxygen atoms in total. The second-order valence-corrected chi connectivity index (χ2v) is 5.37. The summed E-state index contributed by atoms with van der Waals surface area (Å²) in [5.41, 5.74) is 7.33. The highest BCUT2D eigenvalue weighted by atomic mass is 79.9. The number of para-hydroxylation sites is 1. The van der Waals surface area contributed by atoms with Crippen molar-refractivity contribution in [3.63, 3.8) is 0 Å². The summed E-state index contributed by atoms with van der Waals surface area (Å²) in [5, 5.41) is 0.851. The molecule has 1 aromatic heterocycles. The smallest absolute Gasteiger partial charge is 0.142 e. The molecule has 0 aliphatic rings. The maximum atomic E-state index is 13.6. The first-order chi connectivity index (χ1) is 10.2. The molecule has 0 saturated heterocycles. The average Bonchev–Trinajstić information content (AvgIpc) is 2.51. The van der Waals surface area contributed by atoms with Crippen LogP contribution in [0.2, 0.25) is 0 Å². The number of aromatic nitrogens is 1. The highest BCUT2D eigenvalue weighted by Gasteiger charge is 2.11. The van der Waals surface area contributed by atoms with Crippen LogP contribution in [0.1, 0.15) is 5.56 Å². The molecule has 3 aromatic rings. The molecule has 0 unspecified atom stereocenters. The van der Waals surface area contributed by atoms with Gasteiger partial charge in [0.2, 0.25) is 0 Å². The normalized spacial score (nSPS) is 10.8. The number of nitrogens with zero attached hydrogens (tertiary/aromatic N) is 1. The van der Waals surface area contributed by atoms with Crippen LogP contribution in [0.15, 0.2) is 53.1 Å². The van der Waals surface area contributed by atoms with E-state index >= 15 is 0 Å². The van der Waals surface area contributed by atoms with Crippen molar-refractivity contribution in [1.29, 1.82) is 0 Å². The second kappa shape index (κ2) is 5.79. The van der Waals surface area contributed by atoms with E-state index in [9.17, 15) is 4.39 Å². The molecule has 2 aromatic carbocycles. The second-order valence-electron chi connectivity index (χ2n) is 4.51. The van der Waals surface area contributed by atoms with Gasteiger partial charge in [0.15, 0.2) is 0 Å². The Bertz CT molecular complexity index is 807. The van der Waals surface area contributed by atoms with E-state index in [4.69, 9.17) is 10.5 Å². The molecule has 0 aliphatic carbocycles. The van der Waals surface area contributed by atoms with E-state index in [-0.39, 0.29) is 5.82 Å². The number of fused-ring (bicyclic) bond motifs is 1. The van der Waals surface area contributed by atoms with Gasteiger partial charge in [0, 0.05) is 29.8 Å². The number of halogens is 2. The Labute approximate surface area is 129 Å². The van der Waals surface area contributed by atoms with Gasteiger partial charge in [0.25, 0.3) is 0 Å². The van der Waals surface area contributed by atoms with E-state index in [1.807, 2.05) is 24.3 Å². The third-order valence-corrected chi connectivity index (χ3v) is 3.77. The van der Waals surface area contributed by atoms with Crippen molar-refractivity contribution in [1.82, 2.24) is 4.98 Å². The van der Waals surface area contributed by atoms with Crippen LogP contribution >= 0.6 is 15.9 Å². The molecule has 0 amide bonds. The highest BCUT2D eigenvalue weighted by Crippen LogP contribution is 2.33. The van der Waals surface area contributed by atoms with E-state index in [2.05, 4.69) is 20.9 Å². The van der Waals surface area contributed by atoms with Crippen molar-refractivity contribution < 1.29 is 9.13 Å². The van der Waals surface area contributed by atoms with Crippen molar-refractivity contribution in [2.75, 3.05) is 0 Å². The zero-order chi connectivity index (χ0) is 14.8. The largest absolute Gasteiger partial charge is 0.456 e. The Morgan fingerprint density at radius 3 is 2.76 bits per heavy atom. The lowest BCUT2D eigenvalue weighted by Gasteiger charge is -2.13. The van der Waals surface area contributed by atoms with Crippen molar-refractivity contribution in [3.8, 4) is 11.5 Å². The standard InChI is InChI=1S/C16H12BrFN2O/c17-13-6-5-11(7-14(13)18)21-16-10(8-19)9-20-15-4-2-1-3-12(15)16/h1-7,9H,8,19H2. The lowest BCUT2D eigenvalue weighted by molar-refractivity contribution is 0.475. The van der Waals surface area contributed by atoms with E-state index in [0.29, 0.717) is 22.5 Å². The first kappa shape index (κ1) is 14.0. The van der Waals surface area contributed by atoms with E-state index < -0.39 is 0 Å². The predicted molar refractivity (Wildman–Crippen MR) is 83.8 cm³/mol. The van der Waals surface area contributed by atoms with Crippen LogP contribution in [0.5, 0.6) is 11.5 Å². The van der Waals surface area contributed by atoms with E-state index in [1.165, 1.54) is 6.07 Å². The van der Waals surface area contributed by atoms with Gasteiger partial charge in [0.1, 0.15) is 17.3 Å². The number of hydrogen-bond donors (Lipinski definition) is 1. The van der Waals surface area contributed by atoms with Crippen LogP contribution in [0.3, 0.4) is 0 Å². The molecule has 1 heterocycles. The zero-order valence-electron chi connectivity index (χ0n) is 11.0. The van der Waals surface area contributed by atoms with Gasteiger partial charge in [-0.3, -0.25) is 4.98 Å². The fourth-order valence-corrected chi connectivity index (χ4v) is 2.33. The lowest BCUT2D eigenvalue weighted by Crippen LogP contribution is -2.01. The molecule has 3 rings (SSSR count). The Morgan fingerprint density at radius 1 is 1.19 bits per heavy atom. The molecule has 0 spiro atoms. The summed E-state index contributed by atoms with van der Waals surface area (Å²) in [6.45, 7) is 0.298. The molecule has 0 fully saturated rings. The van der Waals surface area contributed by atoms with Crippen LogP contribution in [-0.2, 0) is 6.54 Å². The van der Waals surface area contributed by atoms with Gasteiger partial charge in [-0.2, -0.15) is 0 Å². The minimum atomic E-state index is -0.375. The number of ether oxygens (including phenoxy) is 1. The number of pyridine rings is 1. The molecule has 0 bridgehead atoms. The topological polar surface area (TPSA) is 48.1 Å². The fourth-order valence-electron chi connectivity index (χ4n) is 2.08. The minimum absolute atomic E-state index is 0.298. The van der Waals surface area contributed by atoms with Gasteiger partial charge in [-0.05, 0) is 40.2 Å². The summed E-state index contributed by atoms with van der Waals surface area (Å²) < 4.78 is 19.9. The highest BCUT2D eigenvalue weighted by molar-refractivity contribution is 9.10. The van der Waals surface area contributed by atoms with Crippen molar-refractivity contribution in [2.45, 2.75) is 6.54 Å². The van der Waals surface area contributed by atoms with E-state index in [1.54, 1.807) is 18.3 Å². The summed E-state index contributed by atoms with van der Waals surface area (Å²) in [6.07, 6.45) is 1.69. The first-order valence-electron chi connectivity index (χ1n) is 6.38. The van der Waals surface area contributed by atoms with Gasteiger partial charge in [0.05, 0.1) is 9.99 Å². The van der Waals surface area contributed by atoms with Gasteiger partial charge >= 0.3 is 0 Å². The Kier molecular flexibility index (Phi) is 3.86. The van der Waals surface area contributed by atoms with Crippen LogP contribution in [0, 0.1) is 5.82 Å². The SMILES string of the molecule is NCc1cnc2ccccc2c1Oc1ccc(Br)c(F)c1. The lowest BCUT2D eigenvalue weighted by atomic mass is 10.1. The third-order valence-electron chi connectivity index (χ3n) is 3.13. The third kappa shape index (κ3) is 2.75. The molecule has 21 heavy (non-hydrogen) atoms. The minimum Gasteiger partial charge on any atom is -0.456 e. The molecule has 5 heteroatoms. The fraction of sp³-hybridized carbons (Fsp3) is 0.0625. The van der Waals surface area contributed by atoms with Crippen LogP contribution in [-0.4, -0.2) is 4.98 Å². The van der Waals surface area contributed by atoms with Gasteiger partial charge in [-0.15, -0.1) is 0 Å². The van der Waals surface area contributed by atoms with Crippen molar-refractivity contribution >= 4 is 26.8 Å². The van der Waals surface area contributed by atoms with Crippen LogP contribution in [0.25, 0.3) is 10.9 Å². The molecule has 106 valence electrons. The first-order valence-corrected chi connectivity index (χ1v) is 7.18. The number of rotatable bonds is 3. The maximum absolute atomic E-state index is 13.6. The molecular formula is C16H12BrFN2O. The van der Waals surface area contributed by atoms with Crippen molar-refractivity contribution in [3.05, 3.63) is 64.5 Å². The van der Waals surface area contributed by atoms with Gasteiger partial charge in [-0.25, -0.2) is 4.39 Å². The predicted octanol–water partition coefficient (Wildman–Crippen LogP) is 4.39. The van der Waals surface area contributed by atoms with Gasteiger partial charge in [-0.1, -0.05) is 12.1 Å². The Hall–Kier alpha value is -1.98. The van der Waals surface area contributed by atoms with E-state index in [0.717, 1.165) is 16.5 Å². The number of benzene rings is 2. The van der Waals surface area contributed by atoms with Crippen molar-refractivity contribution in [2.24, 2.45) is 5.73 Å². The van der Waals surface area contributed by atoms with Crippen LogP contribution in [0.4, 0.5) is 4.39 Å². The zero-order valence-corrected chi connectivity index (χ0v) is 12.6. The number of nitrogens with two attached hydrogens (primary N) is 1. The molecular weight excluding hydrogens is 335 g/mol. The number of hydrogen-bond acceptors (Lipinski definition) is 3. The molecule has 2 N–H and O–H groups in total. The summed E-state index contributed by atoms with van der Waals surface area (Å²) in [7, 11) is 0. The Morgan fingerprint density at radius 2 is 2.00 bits per heavy atom. The molecule has 0 radical (unpaired) electrons. The monoisotopic (exact) mass is 346 g/mol.